The molecule has 1 aromatic carbocycles. The fourth-order valence-electron chi connectivity index (χ4n) is 2.99. The first-order valence-electron chi connectivity index (χ1n) is 9.04. The highest BCUT2D eigenvalue weighted by Gasteiger charge is 2.26. The molecule has 7 nitrogen and oxygen atoms in total. The molecule has 2 aromatic rings. The predicted molar refractivity (Wildman–Crippen MR) is 103 cm³/mol. The molecular formula is C19H20N4O3S. The van der Waals surface area contributed by atoms with E-state index in [0.717, 1.165) is 19.3 Å². The van der Waals surface area contributed by atoms with Crippen LogP contribution in [0.5, 0.6) is 0 Å². The number of aromatic nitrogens is 1. The van der Waals surface area contributed by atoms with Crippen LogP contribution in [0.2, 0.25) is 0 Å². The summed E-state index contributed by atoms with van der Waals surface area (Å²) in [5.41, 5.74) is 1.57. The maximum Gasteiger partial charge on any atom is 0.253 e. The van der Waals surface area contributed by atoms with Crippen LogP contribution < -0.4 is 15.5 Å². The Bertz CT molecular complexity index is 891. The van der Waals surface area contributed by atoms with E-state index in [0.29, 0.717) is 35.0 Å². The van der Waals surface area contributed by atoms with Crippen LogP contribution in [0.1, 0.15) is 41.7 Å². The predicted octanol–water partition coefficient (Wildman–Crippen LogP) is 2.34. The fraction of sp³-hybridized carbons (Fsp3) is 0.368. The summed E-state index contributed by atoms with van der Waals surface area (Å²) < 4.78 is 0. The number of benzene rings is 1. The smallest absolute Gasteiger partial charge is 0.253 e. The highest BCUT2D eigenvalue weighted by atomic mass is 32.1. The molecule has 27 heavy (non-hydrogen) atoms. The van der Waals surface area contributed by atoms with Gasteiger partial charge in [0.1, 0.15) is 0 Å². The first-order chi connectivity index (χ1) is 13.1. The van der Waals surface area contributed by atoms with E-state index in [-0.39, 0.29) is 30.2 Å². The van der Waals surface area contributed by atoms with Gasteiger partial charge in [0.15, 0.2) is 5.13 Å². The summed E-state index contributed by atoms with van der Waals surface area (Å²) in [6, 6.07) is 7.23. The summed E-state index contributed by atoms with van der Waals surface area (Å²) in [6.45, 7) is 0.682. The average Bonchev–Trinajstić information content (AvgIpc) is 3.16. The van der Waals surface area contributed by atoms with Crippen molar-refractivity contribution in [3.63, 3.8) is 0 Å². The first-order valence-corrected chi connectivity index (χ1v) is 9.92. The van der Waals surface area contributed by atoms with Crippen LogP contribution in [0, 0.1) is 0 Å². The van der Waals surface area contributed by atoms with Gasteiger partial charge in [-0.3, -0.25) is 19.3 Å². The van der Waals surface area contributed by atoms with Crippen molar-refractivity contribution in [2.24, 2.45) is 0 Å². The first kappa shape index (κ1) is 17.7. The van der Waals surface area contributed by atoms with Crippen molar-refractivity contribution >= 4 is 39.9 Å². The number of rotatable bonds is 6. The van der Waals surface area contributed by atoms with Gasteiger partial charge in [0.25, 0.3) is 5.91 Å². The van der Waals surface area contributed by atoms with Gasteiger partial charge in [-0.25, -0.2) is 4.98 Å². The lowest BCUT2D eigenvalue weighted by Crippen LogP contribution is -2.27. The molecule has 8 heteroatoms. The van der Waals surface area contributed by atoms with Crippen LogP contribution in [0.3, 0.4) is 0 Å². The Morgan fingerprint density at radius 3 is 2.81 bits per heavy atom. The second-order valence-corrected chi connectivity index (χ2v) is 7.63. The minimum atomic E-state index is -0.244. The lowest BCUT2D eigenvalue weighted by molar-refractivity contribution is -0.117. The summed E-state index contributed by atoms with van der Waals surface area (Å²) in [5, 5.41) is 8.18. The number of hydrogen-bond donors (Lipinski definition) is 2. The molecular weight excluding hydrogens is 364 g/mol. The summed E-state index contributed by atoms with van der Waals surface area (Å²) in [4.78, 5) is 42.6. The Labute approximate surface area is 160 Å². The third kappa shape index (κ3) is 4.16. The molecule has 2 heterocycles. The zero-order chi connectivity index (χ0) is 18.8. The van der Waals surface area contributed by atoms with E-state index in [4.69, 9.17) is 0 Å². The van der Waals surface area contributed by atoms with Crippen molar-refractivity contribution in [3.05, 3.63) is 40.9 Å². The maximum absolute atomic E-state index is 12.4. The molecule has 0 spiro atoms. The van der Waals surface area contributed by atoms with Crippen LogP contribution in [-0.4, -0.2) is 35.3 Å². The number of nitrogens with one attached hydrogen (secondary N) is 2. The van der Waals surface area contributed by atoms with Gasteiger partial charge in [-0.2, -0.15) is 0 Å². The number of thiazole rings is 1. The van der Waals surface area contributed by atoms with Crippen molar-refractivity contribution in [2.45, 2.75) is 38.1 Å². The molecule has 1 aliphatic heterocycles. The monoisotopic (exact) mass is 384 g/mol. The molecule has 1 saturated carbocycles. The quantitative estimate of drug-likeness (QED) is 0.800. The molecule has 1 aliphatic carbocycles. The van der Waals surface area contributed by atoms with Gasteiger partial charge in [0.05, 0.1) is 23.4 Å². The molecule has 1 aromatic heterocycles. The zero-order valence-electron chi connectivity index (χ0n) is 14.7. The van der Waals surface area contributed by atoms with Crippen LogP contribution in [0.15, 0.2) is 29.6 Å². The summed E-state index contributed by atoms with van der Waals surface area (Å²) in [6.07, 6.45) is 3.50. The Morgan fingerprint density at radius 1 is 1.26 bits per heavy atom. The minimum Gasteiger partial charge on any atom is -0.349 e. The van der Waals surface area contributed by atoms with E-state index in [9.17, 15) is 14.4 Å². The zero-order valence-corrected chi connectivity index (χ0v) is 15.6. The molecule has 1 saturated heterocycles. The fourth-order valence-corrected chi connectivity index (χ4v) is 3.86. The van der Waals surface area contributed by atoms with E-state index < -0.39 is 0 Å². The molecule has 0 atom stereocenters. The molecule has 3 amide bonds. The third-order valence-corrected chi connectivity index (χ3v) is 5.46. The molecule has 0 unspecified atom stereocenters. The molecule has 4 rings (SSSR count). The summed E-state index contributed by atoms with van der Waals surface area (Å²) in [5.74, 6) is -0.334. The standard InChI is InChI=1S/C19H20N4O3S/c24-16(10-13-11-27-19(21-13)23-9-3-6-17(23)25)22-15-5-2-1-4-14(15)18(26)20-12-7-8-12/h1-2,4-5,11-12H,3,6-10H2,(H,20,26)(H,22,24). The van der Waals surface area contributed by atoms with Gasteiger partial charge in [-0.1, -0.05) is 12.1 Å². The van der Waals surface area contributed by atoms with Gasteiger partial charge in [-0.05, 0) is 31.4 Å². The molecule has 2 N–H and O–H groups in total. The van der Waals surface area contributed by atoms with Crippen molar-refractivity contribution in [1.82, 2.24) is 10.3 Å². The van der Waals surface area contributed by atoms with Crippen LogP contribution in [0.25, 0.3) is 0 Å². The number of hydrogen-bond acceptors (Lipinski definition) is 5. The van der Waals surface area contributed by atoms with E-state index in [1.807, 2.05) is 0 Å². The van der Waals surface area contributed by atoms with Gasteiger partial charge in [0.2, 0.25) is 11.8 Å². The van der Waals surface area contributed by atoms with Gasteiger partial charge in [0, 0.05) is 24.4 Å². The lowest BCUT2D eigenvalue weighted by Gasteiger charge is -2.11. The normalized spacial score (nSPS) is 16.4. The number of anilines is 2. The molecule has 2 fully saturated rings. The Kier molecular flexibility index (Phi) is 4.89. The lowest BCUT2D eigenvalue weighted by atomic mass is 10.1. The van der Waals surface area contributed by atoms with Gasteiger partial charge in [-0.15, -0.1) is 11.3 Å². The molecule has 0 radical (unpaired) electrons. The van der Waals surface area contributed by atoms with Crippen molar-refractivity contribution in [3.8, 4) is 0 Å². The molecule has 2 aliphatic rings. The average molecular weight is 384 g/mol. The number of carbonyl (C=O) groups is 3. The summed E-state index contributed by atoms with van der Waals surface area (Å²) >= 11 is 1.37. The number of nitrogens with zero attached hydrogens (tertiary/aromatic N) is 2. The number of carbonyl (C=O) groups excluding carboxylic acids is 3. The summed E-state index contributed by atoms with van der Waals surface area (Å²) in [7, 11) is 0. The van der Waals surface area contributed by atoms with E-state index in [1.54, 1.807) is 34.5 Å². The van der Waals surface area contributed by atoms with Crippen molar-refractivity contribution in [1.29, 1.82) is 0 Å². The highest BCUT2D eigenvalue weighted by Crippen LogP contribution is 2.26. The van der Waals surface area contributed by atoms with Crippen LogP contribution in [-0.2, 0) is 16.0 Å². The Hall–Kier alpha value is -2.74. The second kappa shape index (κ2) is 7.48. The molecule has 0 bridgehead atoms. The highest BCUT2D eigenvalue weighted by molar-refractivity contribution is 7.14. The van der Waals surface area contributed by atoms with Crippen molar-refractivity contribution in [2.75, 3.05) is 16.8 Å². The maximum atomic E-state index is 12.4. The number of para-hydroxylation sites is 1. The number of amides is 3. The van der Waals surface area contributed by atoms with Crippen LogP contribution in [0.4, 0.5) is 10.8 Å². The van der Waals surface area contributed by atoms with E-state index >= 15 is 0 Å². The Morgan fingerprint density at radius 2 is 2.07 bits per heavy atom. The van der Waals surface area contributed by atoms with E-state index in [2.05, 4.69) is 15.6 Å². The van der Waals surface area contributed by atoms with Crippen LogP contribution >= 0.6 is 11.3 Å². The Balaban J connectivity index is 1.40. The largest absolute Gasteiger partial charge is 0.349 e. The third-order valence-electron chi connectivity index (χ3n) is 4.54. The van der Waals surface area contributed by atoms with Crippen molar-refractivity contribution < 1.29 is 14.4 Å². The SMILES string of the molecule is O=C(Cc1csc(N2CCCC2=O)n1)Nc1ccccc1C(=O)NC1CC1. The minimum absolute atomic E-state index is 0.0796. The topological polar surface area (TPSA) is 91.4 Å². The molecule has 140 valence electrons. The van der Waals surface area contributed by atoms with Gasteiger partial charge >= 0.3 is 0 Å². The van der Waals surface area contributed by atoms with E-state index in [1.165, 1.54) is 11.3 Å². The second-order valence-electron chi connectivity index (χ2n) is 6.79. The van der Waals surface area contributed by atoms with Gasteiger partial charge < -0.3 is 10.6 Å².